The van der Waals surface area contributed by atoms with Gasteiger partial charge in [-0.3, -0.25) is 0 Å². The van der Waals surface area contributed by atoms with Crippen LogP contribution in [0.25, 0.3) is 0 Å². The number of aryl methyl sites for hydroxylation is 1. The second kappa shape index (κ2) is 6.90. The molecule has 0 aliphatic carbocycles. The maximum atomic E-state index is 5.34. The smallest absolute Gasteiger partial charge is 0.175 e. The summed E-state index contributed by atoms with van der Waals surface area (Å²) in [7, 11) is 0. The van der Waals surface area contributed by atoms with E-state index in [1.165, 1.54) is 5.56 Å². The van der Waals surface area contributed by atoms with Gasteiger partial charge in [0.15, 0.2) is 5.11 Å². The van der Waals surface area contributed by atoms with E-state index in [0.29, 0.717) is 5.11 Å². The van der Waals surface area contributed by atoms with Gasteiger partial charge in [0.1, 0.15) is 0 Å². The van der Waals surface area contributed by atoms with Crippen LogP contribution in [-0.4, -0.2) is 5.11 Å². The molecule has 0 radical (unpaired) electrons. The molecule has 98 valence electrons. The molecule has 0 heterocycles. The molecule has 0 saturated carbocycles. The monoisotopic (exact) mass is 270 g/mol. The van der Waals surface area contributed by atoms with E-state index in [9.17, 15) is 0 Å². The van der Waals surface area contributed by atoms with Gasteiger partial charge in [-0.15, -0.1) is 0 Å². The standard InChI is InChI=1S/C16H18N2S/c1-2-8-13-9-6-7-12-15(13)18-16(19)17-14-10-4-3-5-11-14/h3-7,9-12H,2,8H2,1H3,(H2,17,18,19). The third kappa shape index (κ3) is 4.07. The second-order valence-electron chi connectivity index (χ2n) is 4.35. The van der Waals surface area contributed by atoms with Gasteiger partial charge in [0.2, 0.25) is 0 Å². The molecule has 2 nitrogen and oxygen atoms in total. The molecule has 2 aromatic rings. The highest BCUT2D eigenvalue weighted by Crippen LogP contribution is 2.17. The average molecular weight is 270 g/mol. The quantitative estimate of drug-likeness (QED) is 0.803. The van der Waals surface area contributed by atoms with Crippen molar-refractivity contribution >= 4 is 28.7 Å². The Labute approximate surface area is 119 Å². The minimum absolute atomic E-state index is 0.620. The molecule has 2 N–H and O–H groups in total. The van der Waals surface area contributed by atoms with Crippen LogP contribution in [-0.2, 0) is 6.42 Å². The Morgan fingerprint density at radius 2 is 1.63 bits per heavy atom. The molecule has 0 bridgehead atoms. The molecular formula is C16H18N2S. The maximum absolute atomic E-state index is 5.34. The van der Waals surface area contributed by atoms with Crippen molar-refractivity contribution in [3.8, 4) is 0 Å². The van der Waals surface area contributed by atoms with Crippen LogP contribution in [0, 0.1) is 0 Å². The number of rotatable bonds is 4. The number of nitrogens with one attached hydrogen (secondary N) is 2. The summed E-state index contributed by atoms with van der Waals surface area (Å²) < 4.78 is 0. The zero-order chi connectivity index (χ0) is 13.5. The van der Waals surface area contributed by atoms with Gasteiger partial charge in [-0.1, -0.05) is 49.7 Å². The van der Waals surface area contributed by atoms with E-state index in [2.05, 4.69) is 35.8 Å². The lowest BCUT2D eigenvalue weighted by molar-refractivity contribution is 0.924. The van der Waals surface area contributed by atoms with E-state index in [4.69, 9.17) is 12.2 Å². The van der Waals surface area contributed by atoms with Crippen molar-refractivity contribution in [2.24, 2.45) is 0 Å². The van der Waals surface area contributed by atoms with Crippen LogP contribution >= 0.6 is 12.2 Å². The Balaban J connectivity index is 2.03. The van der Waals surface area contributed by atoms with Gasteiger partial charge in [-0.25, -0.2) is 0 Å². The third-order valence-electron chi connectivity index (χ3n) is 2.82. The summed E-state index contributed by atoms with van der Waals surface area (Å²) in [6.07, 6.45) is 2.18. The Morgan fingerprint density at radius 1 is 0.947 bits per heavy atom. The fourth-order valence-corrected chi connectivity index (χ4v) is 2.16. The number of anilines is 2. The van der Waals surface area contributed by atoms with Crippen molar-refractivity contribution < 1.29 is 0 Å². The Bertz CT molecular complexity index is 537. The largest absolute Gasteiger partial charge is 0.332 e. The fraction of sp³-hybridized carbons (Fsp3) is 0.188. The number of benzene rings is 2. The zero-order valence-electron chi connectivity index (χ0n) is 11.0. The summed E-state index contributed by atoms with van der Waals surface area (Å²) >= 11 is 5.34. The van der Waals surface area contributed by atoms with Gasteiger partial charge in [0.05, 0.1) is 0 Å². The summed E-state index contributed by atoms with van der Waals surface area (Å²) in [5, 5.41) is 7.06. The normalized spacial score (nSPS) is 9.95. The number of para-hydroxylation sites is 2. The molecule has 2 aromatic carbocycles. The zero-order valence-corrected chi connectivity index (χ0v) is 11.8. The van der Waals surface area contributed by atoms with Gasteiger partial charge in [-0.05, 0) is 42.4 Å². The Morgan fingerprint density at radius 3 is 2.37 bits per heavy atom. The lowest BCUT2D eigenvalue weighted by Gasteiger charge is -2.13. The molecule has 0 saturated heterocycles. The van der Waals surface area contributed by atoms with Crippen LogP contribution in [0.1, 0.15) is 18.9 Å². The third-order valence-corrected chi connectivity index (χ3v) is 3.02. The molecule has 2 rings (SSSR count). The van der Waals surface area contributed by atoms with Crippen LogP contribution in [0.3, 0.4) is 0 Å². The first-order valence-corrected chi connectivity index (χ1v) is 6.91. The van der Waals surface area contributed by atoms with Gasteiger partial charge >= 0.3 is 0 Å². The highest BCUT2D eigenvalue weighted by molar-refractivity contribution is 7.80. The topological polar surface area (TPSA) is 24.1 Å². The maximum Gasteiger partial charge on any atom is 0.175 e. The molecule has 19 heavy (non-hydrogen) atoms. The molecule has 0 spiro atoms. The lowest BCUT2D eigenvalue weighted by atomic mass is 10.1. The van der Waals surface area contributed by atoms with Crippen LogP contribution in [0.5, 0.6) is 0 Å². The molecule has 0 aliphatic heterocycles. The lowest BCUT2D eigenvalue weighted by Crippen LogP contribution is -2.19. The highest BCUT2D eigenvalue weighted by Gasteiger charge is 2.03. The Hall–Kier alpha value is -1.87. The van der Waals surface area contributed by atoms with Crippen LogP contribution < -0.4 is 10.6 Å². The summed E-state index contributed by atoms with van der Waals surface area (Å²) in [6.45, 7) is 2.18. The van der Waals surface area contributed by atoms with Crippen molar-refractivity contribution in [2.75, 3.05) is 10.6 Å². The van der Waals surface area contributed by atoms with Crippen molar-refractivity contribution in [2.45, 2.75) is 19.8 Å². The van der Waals surface area contributed by atoms with Gasteiger partial charge in [0.25, 0.3) is 0 Å². The van der Waals surface area contributed by atoms with Gasteiger partial charge in [-0.2, -0.15) is 0 Å². The van der Waals surface area contributed by atoms with E-state index >= 15 is 0 Å². The predicted octanol–water partition coefficient (Wildman–Crippen LogP) is 4.45. The van der Waals surface area contributed by atoms with Crippen molar-refractivity contribution in [3.63, 3.8) is 0 Å². The first-order valence-electron chi connectivity index (χ1n) is 6.50. The molecule has 3 heteroatoms. The molecular weight excluding hydrogens is 252 g/mol. The van der Waals surface area contributed by atoms with Crippen molar-refractivity contribution in [1.82, 2.24) is 0 Å². The number of hydrogen-bond acceptors (Lipinski definition) is 1. The summed E-state index contributed by atoms with van der Waals surface area (Å²) in [5.74, 6) is 0. The summed E-state index contributed by atoms with van der Waals surface area (Å²) in [6, 6.07) is 18.2. The van der Waals surface area contributed by atoms with Crippen LogP contribution in [0.15, 0.2) is 54.6 Å². The number of hydrogen-bond donors (Lipinski definition) is 2. The minimum Gasteiger partial charge on any atom is -0.332 e. The summed E-state index contributed by atoms with van der Waals surface area (Å²) in [4.78, 5) is 0. The van der Waals surface area contributed by atoms with E-state index < -0.39 is 0 Å². The molecule has 0 amide bonds. The first kappa shape index (κ1) is 13.6. The van der Waals surface area contributed by atoms with Crippen LogP contribution in [0.4, 0.5) is 11.4 Å². The minimum atomic E-state index is 0.620. The second-order valence-corrected chi connectivity index (χ2v) is 4.76. The van der Waals surface area contributed by atoms with Gasteiger partial charge < -0.3 is 10.6 Å². The van der Waals surface area contributed by atoms with Crippen LogP contribution in [0.2, 0.25) is 0 Å². The predicted molar refractivity (Wildman–Crippen MR) is 86.7 cm³/mol. The van der Waals surface area contributed by atoms with Gasteiger partial charge in [0, 0.05) is 11.4 Å². The molecule has 0 fully saturated rings. The fourth-order valence-electron chi connectivity index (χ4n) is 1.94. The number of thiocarbonyl (C=S) groups is 1. The molecule has 0 unspecified atom stereocenters. The van der Waals surface area contributed by atoms with E-state index in [-0.39, 0.29) is 0 Å². The molecule has 0 aliphatic rings. The van der Waals surface area contributed by atoms with E-state index in [1.807, 2.05) is 36.4 Å². The summed E-state index contributed by atoms with van der Waals surface area (Å²) in [5.41, 5.74) is 3.37. The highest BCUT2D eigenvalue weighted by atomic mass is 32.1. The van der Waals surface area contributed by atoms with E-state index in [1.54, 1.807) is 0 Å². The first-order chi connectivity index (χ1) is 9.29. The Kier molecular flexibility index (Phi) is 4.93. The SMILES string of the molecule is CCCc1ccccc1NC(=S)Nc1ccccc1. The van der Waals surface area contributed by atoms with E-state index in [0.717, 1.165) is 24.2 Å². The molecule has 0 aromatic heterocycles. The van der Waals surface area contributed by atoms with Crippen molar-refractivity contribution in [1.29, 1.82) is 0 Å². The average Bonchev–Trinajstić information content (AvgIpc) is 2.42. The molecule has 0 atom stereocenters. The van der Waals surface area contributed by atoms with Crippen molar-refractivity contribution in [3.05, 3.63) is 60.2 Å².